The summed E-state index contributed by atoms with van der Waals surface area (Å²) in [5.74, 6) is 1.06. The lowest BCUT2D eigenvalue weighted by atomic mass is 10.1. The van der Waals surface area contributed by atoms with Gasteiger partial charge in [-0.2, -0.15) is 10.2 Å². The third-order valence-electron chi connectivity index (χ3n) is 5.07. The van der Waals surface area contributed by atoms with Crippen LogP contribution in [0.5, 0.6) is 0 Å². The van der Waals surface area contributed by atoms with Gasteiger partial charge in [0.2, 0.25) is 17.6 Å². The summed E-state index contributed by atoms with van der Waals surface area (Å²) < 4.78 is 5.38. The summed E-state index contributed by atoms with van der Waals surface area (Å²) in [6.45, 7) is 3.28. The Morgan fingerprint density at radius 1 is 1.10 bits per heavy atom. The van der Waals surface area contributed by atoms with Crippen LogP contribution in [0, 0.1) is 11.3 Å². The van der Waals surface area contributed by atoms with Crippen LogP contribution in [0.4, 0.5) is 0 Å². The van der Waals surface area contributed by atoms with Gasteiger partial charge < -0.3 is 9.42 Å². The molecule has 0 radical (unpaired) electrons. The Kier molecular flexibility index (Phi) is 6.41. The molecule has 1 aliphatic rings. The molecule has 2 aromatic carbocycles. The smallest absolute Gasteiger partial charge is 0.246 e. The van der Waals surface area contributed by atoms with Crippen molar-refractivity contribution in [3.63, 3.8) is 0 Å². The average Bonchev–Trinajstić information content (AvgIpc) is 3.27. The third kappa shape index (κ3) is 5.37. The molecule has 0 N–H and O–H groups in total. The third-order valence-corrected chi connectivity index (χ3v) is 5.32. The molecule has 0 saturated carbocycles. The van der Waals surface area contributed by atoms with E-state index in [9.17, 15) is 4.79 Å². The van der Waals surface area contributed by atoms with E-state index in [0.717, 1.165) is 24.2 Å². The van der Waals surface area contributed by atoms with Gasteiger partial charge in [-0.3, -0.25) is 9.69 Å². The van der Waals surface area contributed by atoms with E-state index in [1.54, 1.807) is 36.4 Å². The van der Waals surface area contributed by atoms with Crippen LogP contribution >= 0.6 is 11.6 Å². The van der Waals surface area contributed by atoms with Crippen molar-refractivity contribution in [1.82, 2.24) is 19.9 Å². The highest BCUT2D eigenvalue weighted by molar-refractivity contribution is 6.30. The number of amides is 1. The lowest BCUT2D eigenvalue weighted by molar-refractivity contribution is -0.127. The summed E-state index contributed by atoms with van der Waals surface area (Å²) >= 11 is 5.92. The predicted octanol–water partition coefficient (Wildman–Crippen LogP) is 3.62. The number of carbonyl (C=O) groups is 1. The Hall–Kier alpha value is -3.47. The van der Waals surface area contributed by atoms with Gasteiger partial charge in [0.15, 0.2) is 0 Å². The number of hydrogen-bond acceptors (Lipinski definition) is 6. The van der Waals surface area contributed by atoms with Gasteiger partial charge in [-0.1, -0.05) is 28.9 Å². The summed E-state index contributed by atoms with van der Waals surface area (Å²) in [5.41, 5.74) is 2.34. The Balaban J connectivity index is 1.27. The fourth-order valence-corrected chi connectivity index (χ4v) is 3.42. The molecule has 0 bridgehead atoms. The SMILES string of the molecule is N#Cc1ccc(/C=C/C(=O)N2CCN(Cc3nc(-c4ccc(Cl)cc4)no3)CC2)cc1. The number of rotatable bonds is 5. The maximum absolute atomic E-state index is 12.5. The number of hydrogen-bond donors (Lipinski definition) is 0. The number of nitrogens with zero attached hydrogens (tertiary/aromatic N) is 5. The molecule has 7 nitrogen and oxygen atoms in total. The first-order valence-corrected chi connectivity index (χ1v) is 10.3. The number of halogens is 1. The summed E-state index contributed by atoms with van der Waals surface area (Å²) in [6.07, 6.45) is 3.35. The normalized spacial score (nSPS) is 14.6. The first-order chi connectivity index (χ1) is 15.1. The summed E-state index contributed by atoms with van der Waals surface area (Å²) in [7, 11) is 0. The van der Waals surface area contributed by atoms with Crippen molar-refractivity contribution in [2.24, 2.45) is 0 Å². The largest absolute Gasteiger partial charge is 0.338 e. The van der Waals surface area contributed by atoms with Gasteiger partial charge in [-0.15, -0.1) is 0 Å². The van der Waals surface area contributed by atoms with Crippen molar-refractivity contribution >= 4 is 23.6 Å². The maximum atomic E-state index is 12.5. The number of benzene rings is 2. The summed E-state index contributed by atoms with van der Waals surface area (Å²) in [5, 5.41) is 13.5. The predicted molar refractivity (Wildman–Crippen MR) is 117 cm³/mol. The highest BCUT2D eigenvalue weighted by atomic mass is 35.5. The fraction of sp³-hybridized carbons (Fsp3) is 0.217. The topological polar surface area (TPSA) is 86.3 Å². The molecular formula is C23H20ClN5O2. The van der Waals surface area contributed by atoms with Gasteiger partial charge in [0, 0.05) is 42.8 Å². The van der Waals surface area contributed by atoms with E-state index in [4.69, 9.17) is 21.4 Å². The van der Waals surface area contributed by atoms with Gasteiger partial charge in [-0.25, -0.2) is 0 Å². The average molecular weight is 434 g/mol. The van der Waals surface area contributed by atoms with E-state index in [2.05, 4.69) is 21.1 Å². The second-order valence-corrected chi connectivity index (χ2v) is 7.62. The Morgan fingerprint density at radius 3 is 2.48 bits per heavy atom. The molecule has 0 spiro atoms. The molecule has 1 aliphatic heterocycles. The Bertz CT molecular complexity index is 1110. The van der Waals surface area contributed by atoms with Crippen LogP contribution in [-0.4, -0.2) is 52.0 Å². The van der Waals surface area contributed by atoms with Crippen LogP contribution in [0.1, 0.15) is 17.0 Å². The van der Waals surface area contributed by atoms with Crippen molar-refractivity contribution in [3.05, 3.63) is 76.6 Å². The van der Waals surface area contributed by atoms with Gasteiger partial charge >= 0.3 is 0 Å². The fourth-order valence-electron chi connectivity index (χ4n) is 3.29. The van der Waals surface area contributed by atoms with E-state index in [1.807, 2.05) is 29.2 Å². The maximum Gasteiger partial charge on any atom is 0.246 e. The van der Waals surface area contributed by atoms with Crippen molar-refractivity contribution in [1.29, 1.82) is 5.26 Å². The number of aromatic nitrogens is 2. The van der Waals surface area contributed by atoms with E-state index in [-0.39, 0.29) is 5.91 Å². The van der Waals surface area contributed by atoms with Crippen LogP contribution in [0.25, 0.3) is 17.5 Å². The van der Waals surface area contributed by atoms with Gasteiger partial charge in [0.1, 0.15) is 0 Å². The standard InChI is InChI=1S/C23H20ClN5O2/c24-20-8-6-19(7-9-20)23-26-21(31-27-23)16-28-11-13-29(14-12-28)22(30)10-5-17-1-3-18(15-25)4-2-17/h1-10H,11-14,16H2/b10-5+. The lowest BCUT2D eigenvalue weighted by Gasteiger charge is -2.33. The van der Waals surface area contributed by atoms with Crippen molar-refractivity contribution < 1.29 is 9.32 Å². The molecule has 31 heavy (non-hydrogen) atoms. The van der Waals surface area contributed by atoms with E-state index in [0.29, 0.717) is 41.9 Å². The second-order valence-electron chi connectivity index (χ2n) is 7.19. The van der Waals surface area contributed by atoms with Crippen molar-refractivity contribution in [3.8, 4) is 17.5 Å². The monoisotopic (exact) mass is 433 g/mol. The molecule has 156 valence electrons. The minimum atomic E-state index is -0.0215. The zero-order valence-electron chi connectivity index (χ0n) is 16.7. The van der Waals surface area contributed by atoms with Gasteiger partial charge in [-0.05, 0) is 48.0 Å². The van der Waals surface area contributed by atoms with E-state index in [1.165, 1.54) is 0 Å². The minimum Gasteiger partial charge on any atom is -0.338 e. The zero-order valence-corrected chi connectivity index (χ0v) is 17.5. The Labute approximate surface area is 185 Å². The second kappa shape index (κ2) is 9.56. The van der Waals surface area contributed by atoms with Crippen LogP contribution in [-0.2, 0) is 11.3 Å². The van der Waals surface area contributed by atoms with Crippen molar-refractivity contribution in [2.45, 2.75) is 6.54 Å². The summed E-state index contributed by atoms with van der Waals surface area (Å²) in [4.78, 5) is 20.9. The molecule has 2 heterocycles. The number of piperazine rings is 1. The lowest BCUT2D eigenvalue weighted by Crippen LogP contribution is -2.47. The van der Waals surface area contributed by atoms with E-state index >= 15 is 0 Å². The van der Waals surface area contributed by atoms with E-state index < -0.39 is 0 Å². The first kappa shape index (κ1) is 20.8. The molecule has 1 fully saturated rings. The Morgan fingerprint density at radius 2 is 1.81 bits per heavy atom. The molecular weight excluding hydrogens is 414 g/mol. The highest BCUT2D eigenvalue weighted by Crippen LogP contribution is 2.19. The molecule has 0 atom stereocenters. The molecule has 1 aromatic heterocycles. The van der Waals surface area contributed by atoms with Crippen LogP contribution < -0.4 is 0 Å². The van der Waals surface area contributed by atoms with Crippen molar-refractivity contribution in [2.75, 3.05) is 26.2 Å². The molecule has 4 rings (SSSR count). The molecule has 8 heteroatoms. The van der Waals surface area contributed by atoms with Crippen LogP contribution in [0.3, 0.4) is 0 Å². The summed E-state index contributed by atoms with van der Waals surface area (Å²) in [6, 6.07) is 16.5. The molecule has 1 saturated heterocycles. The molecule has 0 aliphatic carbocycles. The molecule has 3 aromatic rings. The first-order valence-electron chi connectivity index (χ1n) is 9.89. The number of carbonyl (C=O) groups excluding carboxylic acids is 1. The van der Waals surface area contributed by atoms with Gasteiger partial charge in [0.05, 0.1) is 18.2 Å². The highest BCUT2D eigenvalue weighted by Gasteiger charge is 2.21. The molecule has 0 unspecified atom stereocenters. The molecule has 1 amide bonds. The number of nitriles is 1. The minimum absolute atomic E-state index is 0.0215. The van der Waals surface area contributed by atoms with Crippen LogP contribution in [0.15, 0.2) is 59.1 Å². The quantitative estimate of drug-likeness (QED) is 0.571. The van der Waals surface area contributed by atoms with Gasteiger partial charge in [0.25, 0.3) is 0 Å². The zero-order chi connectivity index (χ0) is 21.6. The van der Waals surface area contributed by atoms with Crippen LogP contribution in [0.2, 0.25) is 5.02 Å².